The minimum atomic E-state index is -0.536. The first kappa shape index (κ1) is 7.71. The normalized spacial score (nSPS) is 9.55. The van der Waals surface area contributed by atoms with Crippen LogP contribution in [0.1, 0.15) is 0 Å². The molecule has 0 aliphatic rings. The average molecular weight is 157 g/mol. The van der Waals surface area contributed by atoms with Gasteiger partial charge >= 0.3 is 0 Å². The van der Waals surface area contributed by atoms with Gasteiger partial charge in [-0.05, 0) is 6.07 Å². The van der Waals surface area contributed by atoms with E-state index >= 15 is 0 Å². The van der Waals surface area contributed by atoms with E-state index in [0.717, 1.165) is 0 Å². The molecule has 60 valence electrons. The maximum Gasteiger partial charge on any atom is 0.233 e. The van der Waals surface area contributed by atoms with Gasteiger partial charge in [0.05, 0.1) is 0 Å². The van der Waals surface area contributed by atoms with Gasteiger partial charge in [0.2, 0.25) is 5.88 Å². The lowest BCUT2D eigenvalue weighted by atomic mass is 10.5. The zero-order valence-electron chi connectivity index (χ0n) is 5.83. The van der Waals surface area contributed by atoms with Crippen LogP contribution in [0, 0.1) is 0 Å². The van der Waals surface area contributed by atoms with E-state index in [9.17, 15) is 4.39 Å². The number of aromatic nitrogens is 2. The topological polar surface area (TPSA) is 61.0 Å². The maximum absolute atomic E-state index is 11.6. The molecule has 1 heterocycles. The monoisotopic (exact) mass is 157 g/mol. The first-order valence-corrected chi connectivity index (χ1v) is 3.11. The molecular weight excluding hydrogens is 149 g/mol. The van der Waals surface area contributed by atoms with E-state index in [1.54, 1.807) is 6.07 Å². The minimum absolute atomic E-state index is 0.00139. The molecule has 0 aliphatic carbocycles. The number of hydrogen-bond acceptors (Lipinski definition) is 4. The van der Waals surface area contributed by atoms with Gasteiger partial charge in [-0.1, -0.05) is 0 Å². The third-order valence-corrected chi connectivity index (χ3v) is 0.988. The van der Waals surface area contributed by atoms with E-state index in [2.05, 4.69) is 10.2 Å². The van der Waals surface area contributed by atoms with E-state index < -0.39 is 6.67 Å². The summed E-state index contributed by atoms with van der Waals surface area (Å²) < 4.78 is 16.4. The van der Waals surface area contributed by atoms with Crippen molar-refractivity contribution in [2.24, 2.45) is 0 Å². The van der Waals surface area contributed by atoms with Crippen LogP contribution in [0.2, 0.25) is 0 Å². The number of nitrogen functional groups attached to an aromatic ring is 1. The van der Waals surface area contributed by atoms with E-state index in [0.29, 0.717) is 5.82 Å². The van der Waals surface area contributed by atoms with Crippen LogP contribution in [0.4, 0.5) is 10.2 Å². The van der Waals surface area contributed by atoms with Crippen LogP contribution >= 0.6 is 0 Å². The van der Waals surface area contributed by atoms with Gasteiger partial charge in [0.15, 0.2) is 0 Å². The van der Waals surface area contributed by atoms with Crippen molar-refractivity contribution in [2.45, 2.75) is 0 Å². The predicted octanol–water partition coefficient (Wildman–Crippen LogP) is 0.407. The van der Waals surface area contributed by atoms with Crippen LogP contribution in [0.3, 0.4) is 0 Å². The van der Waals surface area contributed by atoms with E-state index in [1.165, 1.54) is 6.07 Å². The fourth-order valence-electron chi connectivity index (χ4n) is 0.550. The van der Waals surface area contributed by atoms with Crippen molar-refractivity contribution in [2.75, 3.05) is 19.0 Å². The maximum atomic E-state index is 11.6. The number of anilines is 1. The van der Waals surface area contributed by atoms with Crippen LogP contribution in [0.15, 0.2) is 12.1 Å². The second kappa shape index (κ2) is 3.70. The SMILES string of the molecule is Nc1ccc(OCCF)nn1. The molecule has 0 bridgehead atoms. The Bertz CT molecular complexity index is 214. The zero-order chi connectivity index (χ0) is 8.10. The van der Waals surface area contributed by atoms with Crippen LogP contribution in [-0.2, 0) is 0 Å². The summed E-state index contributed by atoms with van der Waals surface area (Å²) in [5.41, 5.74) is 5.25. The number of ether oxygens (including phenoxy) is 1. The summed E-state index contributed by atoms with van der Waals surface area (Å²) in [5, 5.41) is 7.06. The van der Waals surface area contributed by atoms with E-state index in [1.807, 2.05) is 0 Å². The largest absolute Gasteiger partial charge is 0.474 e. The van der Waals surface area contributed by atoms with Crippen molar-refractivity contribution < 1.29 is 9.13 Å². The number of alkyl halides is 1. The highest BCUT2D eigenvalue weighted by Gasteiger charge is 1.93. The Hall–Kier alpha value is -1.39. The fourth-order valence-corrected chi connectivity index (χ4v) is 0.550. The highest BCUT2D eigenvalue weighted by atomic mass is 19.1. The second-order valence-corrected chi connectivity index (χ2v) is 1.83. The molecule has 1 aromatic rings. The number of nitrogens with zero attached hydrogens (tertiary/aromatic N) is 2. The van der Waals surface area contributed by atoms with Crippen molar-refractivity contribution >= 4 is 5.82 Å². The van der Waals surface area contributed by atoms with Gasteiger partial charge in [-0.15, -0.1) is 10.2 Å². The zero-order valence-corrected chi connectivity index (χ0v) is 5.83. The summed E-state index contributed by atoms with van der Waals surface area (Å²) in [6.07, 6.45) is 0. The molecular formula is C6H8FN3O. The van der Waals surface area contributed by atoms with Crippen LogP contribution in [0.25, 0.3) is 0 Å². The molecule has 0 unspecified atom stereocenters. The summed E-state index contributed by atoms with van der Waals surface area (Å²) in [7, 11) is 0. The molecule has 1 rings (SSSR count). The summed E-state index contributed by atoms with van der Waals surface area (Å²) in [5.74, 6) is 0.606. The van der Waals surface area contributed by atoms with Crippen molar-refractivity contribution in [3.05, 3.63) is 12.1 Å². The standard InChI is InChI=1S/C6H8FN3O/c7-3-4-11-6-2-1-5(8)9-10-6/h1-2H,3-4H2,(H2,8,9). The smallest absolute Gasteiger partial charge is 0.233 e. The molecule has 0 saturated heterocycles. The van der Waals surface area contributed by atoms with Crippen molar-refractivity contribution in [1.29, 1.82) is 0 Å². The van der Waals surface area contributed by atoms with Gasteiger partial charge in [-0.25, -0.2) is 4.39 Å². The first-order valence-electron chi connectivity index (χ1n) is 3.11. The Kier molecular flexibility index (Phi) is 2.59. The molecule has 0 aliphatic heterocycles. The lowest BCUT2D eigenvalue weighted by Crippen LogP contribution is -2.02. The lowest BCUT2D eigenvalue weighted by Gasteiger charge is -1.99. The summed E-state index contributed by atoms with van der Waals surface area (Å²) in [6, 6.07) is 3.08. The predicted molar refractivity (Wildman–Crippen MR) is 37.9 cm³/mol. The van der Waals surface area contributed by atoms with Crippen LogP contribution in [-0.4, -0.2) is 23.5 Å². The minimum Gasteiger partial charge on any atom is -0.474 e. The number of halogens is 1. The number of hydrogen-bond donors (Lipinski definition) is 1. The van der Waals surface area contributed by atoms with E-state index in [4.69, 9.17) is 10.5 Å². The Morgan fingerprint density at radius 1 is 1.45 bits per heavy atom. The lowest BCUT2D eigenvalue weighted by molar-refractivity contribution is 0.262. The third kappa shape index (κ3) is 2.37. The van der Waals surface area contributed by atoms with Gasteiger partial charge in [-0.3, -0.25) is 0 Å². The second-order valence-electron chi connectivity index (χ2n) is 1.83. The summed E-state index contributed by atoms with van der Waals surface area (Å²) in [6.45, 7) is -0.537. The molecule has 0 radical (unpaired) electrons. The Morgan fingerprint density at radius 2 is 2.27 bits per heavy atom. The molecule has 1 aromatic heterocycles. The summed E-state index contributed by atoms with van der Waals surface area (Å²) in [4.78, 5) is 0. The Labute approximate surface area is 63.2 Å². The van der Waals surface area contributed by atoms with Gasteiger partial charge in [0.1, 0.15) is 19.1 Å². The van der Waals surface area contributed by atoms with Gasteiger partial charge in [0.25, 0.3) is 0 Å². The Balaban J connectivity index is 2.52. The molecule has 0 spiro atoms. The van der Waals surface area contributed by atoms with Crippen LogP contribution < -0.4 is 10.5 Å². The van der Waals surface area contributed by atoms with Crippen molar-refractivity contribution in [1.82, 2.24) is 10.2 Å². The highest BCUT2D eigenvalue weighted by molar-refractivity contribution is 5.27. The van der Waals surface area contributed by atoms with Crippen molar-refractivity contribution in [3.8, 4) is 5.88 Å². The van der Waals surface area contributed by atoms with Gasteiger partial charge in [-0.2, -0.15) is 0 Å². The van der Waals surface area contributed by atoms with Gasteiger partial charge in [0, 0.05) is 6.07 Å². The molecule has 5 heteroatoms. The molecule has 2 N–H and O–H groups in total. The number of rotatable bonds is 3. The first-order chi connectivity index (χ1) is 5.33. The molecule has 11 heavy (non-hydrogen) atoms. The van der Waals surface area contributed by atoms with Crippen molar-refractivity contribution in [3.63, 3.8) is 0 Å². The van der Waals surface area contributed by atoms with Crippen LogP contribution in [0.5, 0.6) is 5.88 Å². The molecule has 0 aromatic carbocycles. The quantitative estimate of drug-likeness (QED) is 0.690. The fraction of sp³-hybridized carbons (Fsp3) is 0.333. The van der Waals surface area contributed by atoms with Gasteiger partial charge < -0.3 is 10.5 Å². The number of nitrogens with two attached hydrogens (primary N) is 1. The highest BCUT2D eigenvalue weighted by Crippen LogP contribution is 2.04. The third-order valence-electron chi connectivity index (χ3n) is 0.988. The summed E-state index contributed by atoms with van der Waals surface area (Å²) >= 11 is 0. The average Bonchev–Trinajstić information content (AvgIpc) is 2.04. The molecule has 0 amide bonds. The molecule has 4 nitrogen and oxygen atoms in total. The molecule has 0 saturated carbocycles. The molecule has 0 fully saturated rings. The Morgan fingerprint density at radius 3 is 2.82 bits per heavy atom. The van der Waals surface area contributed by atoms with E-state index in [-0.39, 0.29) is 12.5 Å². The molecule has 0 atom stereocenters.